The molecule has 3 N–H and O–H groups in total. The lowest BCUT2D eigenvalue weighted by molar-refractivity contribution is -0.121. The molecule has 0 aliphatic rings. The lowest BCUT2D eigenvalue weighted by Gasteiger charge is -2.12. The van der Waals surface area contributed by atoms with E-state index >= 15 is 0 Å². The Kier molecular flexibility index (Phi) is 4.77. The molecule has 5 nitrogen and oxygen atoms in total. The van der Waals surface area contributed by atoms with E-state index in [0.29, 0.717) is 5.56 Å². The number of aliphatic hydroxyl groups is 1. The first-order valence-electron chi connectivity index (χ1n) is 5.21. The van der Waals surface area contributed by atoms with Crippen LogP contribution in [0.3, 0.4) is 0 Å². The van der Waals surface area contributed by atoms with Crippen LogP contribution in [0.4, 0.5) is 18.9 Å². The summed E-state index contributed by atoms with van der Waals surface area (Å²) in [6.45, 7) is -0.173. The molecule has 1 unspecified atom stereocenters. The van der Waals surface area contributed by atoms with E-state index in [1.165, 1.54) is 29.8 Å². The predicted molar refractivity (Wildman–Crippen MR) is 63.7 cm³/mol. The van der Waals surface area contributed by atoms with Gasteiger partial charge in [-0.2, -0.15) is 26.3 Å². The molecule has 0 spiro atoms. The topological polar surface area (TPSA) is 78.4 Å². The molecule has 0 aliphatic carbocycles. The maximum absolute atomic E-state index is 11.9. The van der Waals surface area contributed by atoms with Crippen LogP contribution in [0.1, 0.15) is 18.6 Å². The second kappa shape index (κ2) is 5.76. The highest BCUT2D eigenvalue weighted by atomic mass is 32.2. The Hall–Kier alpha value is -1.32. The average Bonchev–Trinajstić information content (AvgIpc) is 2.25. The molecule has 0 saturated carbocycles. The maximum atomic E-state index is 11.9. The normalized spacial score (nSPS) is 14.2. The molecule has 1 aromatic carbocycles. The summed E-state index contributed by atoms with van der Waals surface area (Å²) in [4.78, 5) is 0. The summed E-state index contributed by atoms with van der Waals surface area (Å²) in [5.74, 6) is 0. The van der Waals surface area contributed by atoms with Crippen LogP contribution in [0.5, 0.6) is 0 Å². The van der Waals surface area contributed by atoms with E-state index < -0.39 is 29.0 Å². The third-order valence-corrected chi connectivity index (χ3v) is 3.11. The number of halogens is 3. The van der Waals surface area contributed by atoms with Gasteiger partial charge in [-0.15, -0.1) is 0 Å². The Morgan fingerprint density at radius 3 is 2.53 bits per heavy atom. The van der Waals surface area contributed by atoms with Crippen LogP contribution in [-0.4, -0.2) is 26.2 Å². The van der Waals surface area contributed by atoms with Crippen LogP contribution >= 0.6 is 0 Å². The van der Waals surface area contributed by atoms with Gasteiger partial charge in [-0.05, 0) is 24.6 Å². The van der Waals surface area contributed by atoms with Gasteiger partial charge in [0.1, 0.15) is 6.54 Å². The van der Waals surface area contributed by atoms with Crippen LogP contribution in [0, 0.1) is 0 Å². The number of rotatable bonds is 5. The first-order chi connectivity index (χ1) is 8.59. The van der Waals surface area contributed by atoms with Crippen molar-refractivity contribution in [1.82, 2.24) is 4.72 Å². The highest BCUT2D eigenvalue weighted by Crippen LogP contribution is 2.18. The third kappa shape index (κ3) is 5.90. The number of benzene rings is 1. The van der Waals surface area contributed by atoms with Crippen molar-refractivity contribution in [3.8, 4) is 0 Å². The van der Waals surface area contributed by atoms with Crippen LogP contribution in [-0.2, 0) is 10.2 Å². The molecular weight excluding hydrogens is 285 g/mol. The minimum absolute atomic E-state index is 0.0630. The Bertz CT molecular complexity index is 529. The summed E-state index contributed by atoms with van der Waals surface area (Å²) in [5.41, 5.74) is 0.504. The van der Waals surface area contributed by atoms with Crippen molar-refractivity contribution >= 4 is 15.9 Å². The van der Waals surface area contributed by atoms with Crippen molar-refractivity contribution < 1.29 is 26.7 Å². The average molecular weight is 298 g/mol. The highest BCUT2D eigenvalue weighted by molar-refractivity contribution is 7.90. The maximum Gasteiger partial charge on any atom is 0.402 e. The predicted octanol–water partition coefficient (Wildman–Crippen LogP) is 1.55. The van der Waals surface area contributed by atoms with E-state index in [0.717, 1.165) is 0 Å². The summed E-state index contributed by atoms with van der Waals surface area (Å²) in [6, 6.07) is 5.73. The summed E-state index contributed by atoms with van der Waals surface area (Å²) >= 11 is 0. The Labute approximate surface area is 108 Å². The van der Waals surface area contributed by atoms with Gasteiger partial charge in [0.2, 0.25) is 0 Å². The van der Waals surface area contributed by atoms with Gasteiger partial charge in [-0.1, -0.05) is 12.1 Å². The fraction of sp³-hybridized carbons (Fsp3) is 0.400. The number of aliphatic hydroxyl groups excluding tert-OH is 1. The molecule has 9 heteroatoms. The fourth-order valence-corrected chi connectivity index (χ4v) is 2.09. The van der Waals surface area contributed by atoms with Crippen molar-refractivity contribution in [3.63, 3.8) is 0 Å². The number of hydrogen-bond acceptors (Lipinski definition) is 3. The zero-order valence-electron chi connectivity index (χ0n) is 9.90. The SMILES string of the molecule is CC(O)c1cccc(NS(=O)(=O)NCC(F)(F)F)c1. The molecule has 0 bridgehead atoms. The monoisotopic (exact) mass is 298 g/mol. The molecule has 1 aromatic rings. The fourth-order valence-electron chi connectivity index (χ4n) is 1.23. The van der Waals surface area contributed by atoms with E-state index in [1.807, 2.05) is 4.72 Å². The van der Waals surface area contributed by atoms with Gasteiger partial charge >= 0.3 is 6.18 Å². The Morgan fingerprint density at radius 1 is 1.37 bits per heavy atom. The Morgan fingerprint density at radius 2 is 2.00 bits per heavy atom. The Balaban J connectivity index is 2.75. The molecule has 0 aliphatic heterocycles. The lowest BCUT2D eigenvalue weighted by Crippen LogP contribution is -2.37. The smallest absolute Gasteiger partial charge is 0.389 e. The molecule has 0 radical (unpaired) electrons. The molecule has 1 atom stereocenters. The number of alkyl halides is 3. The first kappa shape index (κ1) is 15.7. The summed E-state index contributed by atoms with van der Waals surface area (Å²) < 4.78 is 61.7. The van der Waals surface area contributed by atoms with E-state index in [1.54, 1.807) is 6.07 Å². The summed E-state index contributed by atoms with van der Waals surface area (Å²) in [6.07, 6.45) is -5.44. The molecule has 1 rings (SSSR count). The minimum Gasteiger partial charge on any atom is -0.389 e. The van der Waals surface area contributed by atoms with Crippen LogP contribution < -0.4 is 9.44 Å². The van der Waals surface area contributed by atoms with Gasteiger partial charge in [0, 0.05) is 0 Å². The number of nitrogens with one attached hydrogen (secondary N) is 2. The molecule has 0 saturated heterocycles. The molecule has 0 heterocycles. The van der Waals surface area contributed by atoms with E-state index in [9.17, 15) is 26.7 Å². The highest BCUT2D eigenvalue weighted by Gasteiger charge is 2.29. The molecule has 0 fully saturated rings. The van der Waals surface area contributed by atoms with Crippen molar-refractivity contribution in [2.24, 2.45) is 0 Å². The summed E-state index contributed by atoms with van der Waals surface area (Å²) in [5, 5.41) is 9.31. The van der Waals surface area contributed by atoms with Gasteiger partial charge in [0.05, 0.1) is 11.8 Å². The first-order valence-corrected chi connectivity index (χ1v) is 6.69. The number of anilines is 1. The van der Waals surface area contributed by atoms with Gasteiger partial charge in [0.25, 0.3) is 10.2 Å². The second-order valence-corrected chi connectivity index (χ2v) is 5.34. The van der Waals surface area contributed by atoms with E-state index in [4.69, 9.17) is 0 Å². The van der Waals surface area contributed by atoms with Crippen LogP contribution in [0.2, 0.25) is 0 Å². The molecule has 19 heavy (non-hydrogen) atoms. The van der Waals surface area contributed by atoms with Gasteiger partial charge < -0.3 is 5.11 Å². The van der Waals surface area contributed by atoms with Gasteiger partial charge in [-0.25, -0.2) is 0 Å². The van der Waals surface area contributed by atoms with Crippen molar-refractivity contribution in [2.45, 2.75) is 19.2 Å². The lowest BCUT2D eigenvalue weighted by atomic mass is 10.1. The quantitative estimate of drug-likeness (QED) is 0.771. The van der Waals surface area contributed by atoms with Crippen molar-refractivity contribution in [1.29, 1.82) is 0 Å². The zero-order valence-corrected chi connectivity index (χ0v) is 10.7. The minimum atomic E-state index is -4.63. The van der Waals surface area contributed by atoms with Crippen molar-refractivity contribution in [3.05, 3.63) is 29.8 Å². The van der Waals surface area contributed by atoms with E-state index in [2.05, 4.69) is 0 Å². The van der Waals surface area contributed by atoms with Gasteiger partial charge in [-0.3, -0.25) is 4.72 Å². The molecule has 0 amide bonds. The van der Waals surface area contributed by atoms with Gasteiger partial charge in [0.15, 0.2) is 0 Å². The van der Waals surface area contributed by atoms with Crippen molar-refractivity contribution in [2.75, 3.05) is 11.3 Å². The second-order valence-electron chi connectivity index (χ2n) is 3.84. The van der Waals surface area contributed by atoms with Crippen LogP contribution in [0.25, 0.3) is 0 Å². The molecule has 108 valence electrons. The van der Waals surface area contributed by atoms with Crippen LogP contribution in [0.15, 0.2) is 24.3 Å². The summed E-state index contributed by atoms with van der Waals surface area (Å²) in [7, 11) is -4.31. The number of hydrogen-bond donors (Lipinski definition) is 3. The standard InChI is InChI=1S/C10H13F3N2O3S/c1-7(16)8-3-2-4-9(5-8)15-19(17,18)14-6-10(11,12)13/h2-5,7,14-16H,6H2,1H3. The van der Waals surface area contributed by atoms with E-state index in [-0.39, 0.29) is 5.69 Å². The molecular formula is C10H13F3N2O3S. The third-order valence-electron chi connectivity index (χ3n) is 2.08. The molecule has 0 aromatic heterocycles. The zero-order chi connectivity index (χ0) is 14.7. The largest absolute Gasteiger partial charge is 0.402 e.